The largest absolute Gasteiger partial charge is 0.398 e. The second-order valence-corrected chi connectivity index (χ2v) is 3.29. The molecule has 52 valence electrons. The molecule has 4 heteroatoms. The summed E-state index contributed by atoms with van der Waals surface area (Å²) in [6.45, 7) is 1.47. The van der Waals surface area contributed by atoms with Gasteiger partial charge in [-0.2, -0.15) is 4.67 Å². The first-order valence-corrected chi connectivity index (χ1v) is 4.33. The summed E-state index contributed by atoms with van der Waals surface area (Å²) in [4.78, 5) is 0. The second kappa shape index (κ2) is 3.14. The van der Waals surface area contributed by atoms with Crippen molar-refractivity contribution in [3.63, 3.8) is 0 Å². The summed E-state index contributed by atoms with van der Waals surface area (Å²) in [5.74, 6) is 0. The van der Waals surface area contributed by atoms with Gasteiger partial charge in [0.15, 0.2) is 0 Å². The first-order valence-electron chi connectivity index (χ1n) is 3.20. The normalized spacial score (nSPS) is 21.8. The summed E-state index contributed by atoms with van der Waals surface area (Å²) in [6.07, 6.45) is 3.24. The minimum absolute atomic E-state index is 0.735. The monoisotopic (exact) mass is 147 g/mol. The highest BCUT2D eigenvalue weighted by Gasteiger charge is 2.12. The molecule has 1 heterocycles. The van der Waals surface area contributed by atoms with Crippen LogP contribution in [0.4, 0.5) is 0 Å². The molecule has 0 aromatic heterocycles. The molecule has 0 unspecified atom stereocenters. The lowest BCUT2D eigenvalue weighted by atomic mass is 10.2. The zero-order valence-corrected chi connectivity index (χ0v) is 6.14. The number of piperidine rings is 1. The lowest BCUT2D eigenvalue weighted by molar-refractivity contribution is 0.336. The average molecular weight is 147 g/mol. The minimum Gasteiger partial charge on any atom is -0.218 e. The Morgan fingerprint density at radius 1 is 1.00 bits per heavy atom. The predicted molar refractivity (Wildman–Crippen MR) is 33.7 cm³/mol. The van der Waals surface area contributed by atoms with Crippen molar-refractivity contribution in [1.29, 1.82) is 0 Å². The standard InChI is InChI=1S/C5H10NO2P/c7-9(8)6-4-2-1-3-5-6/h1-5H2. The van der Waals surface area contributed by atoms with E-state index in [0.717, 1.165) is 25.9 Å². The molecular weight excluding hydrogens is 137 g/mol. The molecule has 0 N–H and O–H groups in total. The second-order valence-electron chi connectivity index (χ2n) is 2.25. The highest BCUT2D eigenvalue weighted by atomic mass is 31.1. The van der Waals surface area contributed by atoms with Gasteiger partial charge in [0.2, 0.25) is 0 Å². The Morgan fingerprint density at radius 3 is 1.89 bits per heavy atom. The lowest BCUT2D eigenvalue weighted by Crippen LogP contribution is -2.20. The Morgan fingerprint density at radius 2 is 1.56 bits per heavy atom. The highest BCUT2D eigenvalue weighted by molar-refractivity contribution is 7.27. The molecule has 0 amide bonds. The van der Waals surface area contributed by atoms with Gasteiger partial charge in [0.1, 0.15) is 0 Å². The van der Waals surface area contributed by atoms with E-state index in [1.54, 1.807) is 0 Å². The molecule has 1 aliphatic rings. The summed E-state index contributed by atoms with van der Waals surface area (Å²) in [7, 11) is -2.29. The Labute approximate surface area is 54.9 Å². The van der Waals surface area contributed by atoms with Crippen molar-refractivity contribution < 1.29 is 9.13 Å². The van der Waals surface area contributed by atoms with Crippen molar-refractivity contribution in [2.24, 2.45) is 0 Å². The SMILES string of the molecule is O=P(=O)N1CCCCC1. The Kier molecular flexibility index (Phi) is 2.43. The third-order valence-corrected chi connectivity index (χ3v) is 2.43. The first-order chi connectivity index (χ1) is 4.30. The van der Waals surface area contributed by atoms with Crippen LogP contribution < -0.4 is 0 Å². The van der Waals surface area contributed by atoms with Crippen LogP contribution in [0.1, 0.15) is 19.3 Å². The number of hydrogen-bond acceptors (Lipinski definition) is 2. The van der Waals surface area contributed by atoms with Gasteiger partial charge in [-0.3, -0.25) is 0 Å². The number of hydrogen-bond donors (Lipinski definition) is 0. The minimum atomic E-state index is -2.29. The van der Waals surface area contributed by atoms with Gasteiger partial charge in [-0.1, -0.05) is 6.42 Å². The summed E-state index contributed by atoms with van der Waals surface area (Å²) >= 11 is 0. The van der Waals surface area contributed by atoms with Crippen molar-refractivity contribution in [2.45, 2.75) is 19.3 Å². The molecule has 0 spiro atoms. The summed E-state index contributed by atoms with van der Waals surface area (Å²) < 4.78 is 22.1. The lowest BCUT2D eigenvalue weighted by Gasteiger charge is -2.17. The maximum Gasteiger partial charge on any atom is 0.398 e. The molecule has 0 aromatic rings. The molecule has 3 nitrogen and oxygen atoms in total. The fourth-order valence-electron chi connectivity index (χ4n) is 1.04. The smallest absolute Gasteiger partial charge is 0.218 e. The predicted octanol–water partition coefficient (Wildman–Crippen LogP) is 1.56. The van der Waals surface area contributed by atoms with Gasteiger partial charge in [-0.25, -0.2) is 9.13 Å². The van der Waals surface area contributed by atoms with Gasteiger partial charge in [-0.05, 0) is 12.8 Å². The summed E-state index contributed by atoms with van der Waals surface area (Å²) in [6, 6.07) is 0. The van der Waals surface area contributed by atoms with Gasteiger partial charge >= 0.3 is 7.83 Å². The number of nitrogens with zero attached hydrogens (tertiary/aromatic N) is 1. The molecule has 0 aliphatic carbocycles. The molecule has 0 aromatic carbocycles. The van der Waals surface area contributed by atoms with Crippen molar-refractivity contribution in [1.82, 2.24) is 4.67 Å². The van der Waals surface area contributed by atoms with Gasteiger partial charge in [0, 0.05) is 13.1 Å². The third-order valence-electron chi connectivity index (χ3n) is 1.56. The van der Waals surface area contributed by atoms with E-state index in [2.05, 4.69) is 0 Å². The highest BCUT2D eigenvalue weighted by Crippen LogP contribution is 2.19. The number of rotatable bonds is 1. The van der Waals surface area contributed by atoms with Crippen LogP contribution in [-0.4, -0.2) is 17.8 Å². The summed E-state index contributed by atoms with van der Waals surface area (Å²) in [5, 5.41) is 0. The molecule has 1 aliphatic heterocycles. The van der Waals surface area contributed by atoms with Crippen LogP contribution in [0.25, 0.3) is 0 Å². The maximum absolute atomic E-state index is 10.3. The zero-order valence-electron chi connectivity index (χ0n) is 5.25. The average Bonchev–Trinajstić information content (AvgIpc) is 1.90. The van der Waals surface area contributed by atoms with Crippen LogP contribution in [0.5, 0.6) is 0 Å². The van der Waals surface area contributed by atoms with Crippen molar-refractivity contribution in [2.75, 3.05) is 13.1 Å². The van der Waals surface area contributed by atoms with Crippen molar-refractivity contribution in [3.8, 4) is 0 Å². The van der Waals surface area contributed by atoms with Crippen molar-refractivity contribution >= 4 is 7.83 Å². The third kappa shape index (κ3) is 1.92. The van der Waals surface area contributed by atoms with E-state index in [9.17, 15) is 9.13 Å². The van der Waals surface area contributed by atoms with E-state index in [1.165, 1.54) is 11.1 Å². The maximum atomic E-state index is 10.3. The quantitative estimate of drug-likeness (QED) is 0.528. The van der Waals surface area contributed by atoms with E-state index in [4.69, 9.17) is 0 Å². The van der Waals surface area contributed by atoms with Crippen molar-refractivity contribution in [3.05, 3.63) is 0 Å². The fourth-order valence-corrected chi connectivity index (χ4v) is 1.65. The van der Waals surface area contributed by atoms with E-state index >= 15 is 0 Å². The molecule has 9 heavy (non-hydrogen) atoms. The van der Waals surface area contributed by atoms with E-state index < -0.39 is 7.83 Å². The molecule has 0 bridgehead atoms. The van der Waals surface area contributed by atoms with E-state index in [0.29, 0.717) is 0 Å². The van der Waals surface area contributed by atoms with Crippen LogP contribution in [0.15, 0.2) is 0 Å². The topological polar surface area (TPSA) is 37.4 Å². The molecule has 0 saturated carbocycles. The summed E-state index contributed by atoms with van der Waals surface area (Å²) in [5.41, 5.74) is 0. The van der Waals surface area contributed by atoms with Gasteiger partial charge in [-0.15, -0.1) is 0 Å². The van der Waals surface area contributed by atoms with Crippen LogP contribution in [-0.2, 0) is 9.13 Å². The Bertz CT molecular complexity index is 141. The molecule has 1 saturated heterocycles. The molecule has 1 rings (SSSR count). The van der Waals surface area contributed by atoms with E-state index in [1.807, 2.05) is 0 Å². The van der Waals surface area contributed by atoms with Crippen LogP contribution >= 0.6 is 7.83 Å². The first kappa shape index (κ1) is 6.97. The Balaban J connectivity index is 2.40. The van der Waals surface area contributed by atoms with Gasteiger partial charge in [0.25, 0.3) is 0 Å². The van der Waals surface area contributed by atoms with Gasteiger partial charge < -0.3 is 0 Å². The van der Waals surface area contributed by atoms with E-state index in [-0.39, 0.29) is 0 Å². The Hall–Kier alpha value is -0.140. The molecule has 0 atom stereocenters. The van der Waals surface area contributed by atoms with Gasteiger partial charge in [0.05, 0.1) is 0 Å². The molecule has 0 radical (unpaired) electrons. The van der Waals surface area contributed by atoms with Crippen LogP contribution in [0.2, 0.25) is 0 Å². The molecule has 1 fully saturated rings. The fraction of sp³-hybridized carbons (Fsp3) is 1.00. The zero-order chi connectivity index (χ0) is 6.69. The van der Waals surface area contributed by atoms with Crippen LogP contribution in [0, 0.1) is 0 Å². The van der Waals surface area contributed by atoms with Crippen LogP contribution in [0.3, 0.4) is 0 Å². The molecular formula is C5H10NO2P.